The lowest BCUT2D eigenvalue weighted by molar-refractivity contribution is 0.240. The van der Waals surface area contributed by atoms with Crippen molar-refractivity contribution in [2.75, 3.05) is 7.11 Å². The Morgan fingerprint density at radius 2 is 2.00 bits per heavy atom. The summed E-state index contributed by atoms with van der Waals surface area (Å²) in [5, 5.41) is 0. The summed E-state index contributed by atoms with van der Waals surface area (Å²) in [6.07, 6.45) is 3.99. The van der Waals surface area contributed by atoms with Crippen molar-refractivity contribution in [2.24, 2.45) is 16.3 Å². The van der Waals surface area contributed by atoms with Gasteiger partial charge in [-0.25, -0.2) is 0 Å². The quantitative estimate of drug-likeness (QED) is 0.609. The maximum atomic E-state index is 5.18. The van der Waals surface area contributed by atoms with Crippen LogP contribution in [-0.4, -0.2) is 19.4 Å². The number of hydrogen-bond acceptors (Lipinski definition) is 2. The second-order valence-electron chi connectivity index (χ2n) is 4.68. The van der Waals surface area contributed by atoms with E-state index in [1.165, 1.54) is 0 Å². The molecule has 0 radical (unpaired) electrons. The number of allylic oxidation sites excluding steroid dienone is 1. The van der Waals surface area contributed by atoms with Crippen LogP contribution >= 0.6 is 0 Å². The number of nitrogens with zero attached hydrogens (tertiary/aromatic N) is 1. The molecule has 0 N–H and O–H groups in total. The molecule has 13 heavy (non-hydrogen) atoms. The van der Waals surface area contributed by atoms with Crippen molar-refractivity contribution >= 4 is 6.21 Å². The van der Waals surface area contributed by atoms with Gasteiger partial charge in [0, 0.05) is 5.92 Å². The molecule has 2 unspecified atom stereocenters. The predicted molar refractivity (Wildman–Crippen MR) is 56.0 cm³/mol. The molecule has 2 atom stereocenters. The summed E-state index contributed by atoms with van der Waals surface area (Å²) < 4.78 is 5.18. The third-order valence-corrected chi connectivity index (χ3v) is 2.54. The molecule has 1 aliphatic heterocycles. The fourth-order valence-corrected chi connectivity index (χ4v) is 1.74. The number of methoxy groups -OCH3 is 1. The van der Waals surface area contributed by atoms with E-state index >= 15 is 0 Å². The molecule has 0 saturated heterocycles. The lowest BCUT2D eigenvalue weighted by Gasteiger charge is -2.33. The van der Waals surface area contributed by atoms with Crippen LogP contribution in [0.4, 0.5) is 0 Å². The number of ether oxygens (including phenoxy) is 1. The van der Waals surface area contributed by atoms with Gasteiger partial charge in [0.15, 0.2) is 0 Å². The normalized spacial score (nSPS) is 28.5. The van der Waals surface area contributed by atoms with Crippen molar-refractivity contribution in [1.82, 2.24) is 0 Å². The highest BCUT2D eigenvalue weighted by atomic mass is 16.5. The van der Waals surface area contributed by atoms with Gasteiger partial charge in [-0.3, -0.25) is 4.99 Å². The molecule has 0 aromatic rings. The minimum absolute atomic E-state index is 0.251. The Morgan fingerprint density at radius 3 is 2.46 bits per heavy atom. The second-order valence-corrected chi connectivity index (χ2v) is 4.68. The third-order valence-electron chi connectivity index (χ3n) is 2.54. The summed E-state index contributed by atoms with van der Waals surface area (Å²) in [5.74, 6) is 1.35. The Labute approximate surface area is 80.7 Å². The van der Waals surface area contributed by atoms with E-state index in [1.807, 2.05) is 6.21 Å². The fraction of sp³-hybridized carbons (Fsp3) is 0.727. The number of hydrogen-bond donors (Lipinski definition) is 0. The summed E-state index contributed by atoms with van der Waals surface area (Å²) in [4.78, 5) is 4.41. The van der Waals surface area contributed by atoms with E-state index in [1.54, 1.807) is 7.11 Å². The van der Waals surface area contributed by atoms with Gasteiger partial charge >= 0.3 is 0 Å². The fourth-order valence-electron chi connectivity index (χ4n) is 1.74. The molecule has 1 aliphatic rings. The molecular formula is C11H19NO. The van der Waals surface area contributed by atoms with Gasteiger partial charge in [0.25, 0.3) is 0 Å². The Morgan fingerprint density at radius 1 is 1.38 bits per heavy atom. The molecule has 0 aliphatic carbocycles. The molecule has 1 heterocycles. The third kappa shape index (κ3) is 2.33. The van der Waals surface area contributed by atoms with Crippen molar-refractivity contribution in [2.45, 2.75) is 33.7 Å². The molecule has 0 aromatic heterocycles. The molecule has 2 nitrogen and oxygen atoms in total. The number of dihydropyridines is 1. The highest BCUT2D eigenvalue weighted by molar-refractivity contribution is 5.77. The zero-order valence-electron chi connectivity index (χ0n) is 9.16. The lowest BCUT2D eigenvalue weighted by Crippen LogP contribution is -2.30. The van der Waals surface area contributed by atoms with Gasteiger partial charge in [-0.2, -0.15) is 0 Å². The molecular weight excluding hydrogens is 162 g/mol. The first kappa shape index (κ1) is 10.3. The number of rotatable bonds is 1. The van der Waals surface area contributed by atoms with Crippen LogP contribution in [0.25, 0.3) is 0 Å². The van der Waals surface area contributed by atoms with E-state index in [-0.39, 0.29) is 5.41 Å². The summed E-state index contributed by atoms with van der Waals surface area (Å²) >= 11 is 0. The van der Waals surface area contributed by atoms with E-state index in [0.29, 0.717) is 12.0 Å². The van der Waals surface area contributed by atoms with Crippen LogP contribution in [0, 0.1) is 11.3 Å². The maximum Gasteiger partial charge on any atom is 0.133 e. The zero-order valence-corrected chi connectivity index (χ0v) is 9.16. The van der Waals surface area contributed by atoms with Crippen molar-refractivity contribution in [3.63, 3.8) is 0 Å². The topological polar surface area (TPSA) is 21.6 Å². The van der Waals surface area contributed by atoms with Crippen LogP contribution < -0.4 is 0 Å². The zero-order chi connectivity index (χ0) is 10.1. The second kappa shape index (κ2) is 3.52. The smallest absolute Gasteiger partial charge is 0.133 e. The molecule has 0 bridgehead atoms. The molecule has 0 fully saturated rings. The van der Waals surface area contributed by atoms with Crippen LogP contribution in [0.15, 0.2) is 16.8 Å². The van der Waals surface area contributed by atoms with E-state index in [9.17, 15) is 0 Å². The van der Waals surface area contributed by atoms with Crippen LogP contribution in [0.1, 0.15) is 27.7 Å². The SMILES string of the molecule is COC1=CC(C(C)(C)C)C(C)N=C1. The first-order chi connectivity index (χ1) is 5.95. The van der Waals surface area contributed by atoms with Crippen LogP contribution in [0.2, 0.25) is 0 Å². The van der Waals surface area contributed by atoms with E-state index in [4.69, 9.17) is 4.74 Å². The van der Waals surface area contributed by atoms with E-state index in [0.717, 1.165) is 5.76 Å². The monoisotopic (exact) mass is 181 g/mol. The number of aliphatic imine (C=N–C) groups is 1. The largest absolute Gasteiger partial charge is 0.495 e. The van der Waals surface area contributed by atoms with Crippen LogP contribution in [0.3, 0.4) is 0 Å². The Bertz CT molecular complexity index is 235. The average Bonchev–Trinajstić information content (AvgIpc) is 2.03. The highest BCUT2D eigenvalue weighted by Gasteiger charge is 2.29. The Hall–Kier alpha value is -0.790. The maximum absolute atomic E-state index is 5.18. The van der Waals surface area contributed by atoms with Gasteiger partial charge in [-0.15, -0.1) is 0 Å². The van der Waals surface area contributed by atoms with Crippen molar-refractivity contribution in [3.05, 3.63) is 11.8 Å². The van der Waals surface area contributed by atoms with Crippen LogP contribution in [0.5, 0.6) is 0 Å². The predicted octanol–water partition coefficient (Wildman–Crippen LogP) is 2.65. The molecule has 2 heteroatoms. The van der Waals surface area contributed by atoms with Crippen molar-refractivity contribution in [3.8, 4) is 0 Å². The summed E-state index contributed by atoms with van der Waals surface area (Å²) in [7, 11) is 1.69. The minimum atomic E-state index is 0.251. The standard InChI is InChI=1S/C11H19NO/c1-8-10(11(2,3)4)6-9(13-5)7-12-8/h6-8,10H,1-5H3. The first-order valence-corrected chi connectivity index (χ1v) is 4.74. The molecule has 0 aromatic carbocycles. The molecule has 0 saturated carbocycles. The van der Waals surface area contributed by atoms with Crippen molar-refractivity contribution in [1.29, 1.82) is 0 Å². The Balaban J connectivity index is 2.86. The molecule has 1 rings (SSSR count). The molecule has 0 spiro atoms. The molecule has 0 amide bonds. The van der Waals surface area contributed by atoms with E-state index < -0.39 is 0 Å². The summed E-state index contributed by atoms with van der Waals surface area (Å²) in [6, 6.07) is 0.360. The van der Waals surface area contributed by atoms with Gasteiger partial charge in [0.05, 0.1) is 19.4 Å². The van der Waals surface area contributed by atoms with Gasteiger partial charge in [-0.05, 0) is 18.4 Å². The first-order valence-electron chi connectivity index (χ1n) is 4.74. The summed E-state index contributed by atoms with van der Waals surface area (Å²) in [5.41, 5.74) is 0.251. The lowest BCUT2D eigenvalue weighted by atomic mass is 9.76. The minimum Gasteiger partial charge on any atom is -0.495 e. The van der Waals surface area contributed by atoms with Gasteiger partial charge in [0.1, 0.15) is 5.76 Å². The van der Waals surface area contributed by atoms with Gasteiger partial charge in [0.2, 0.25) is 0 Å². The van der Waals surface area contributed by atoms with Crippen molar-refractivity contribution < 1.29 is 4.74 Å². The Kier molecular flexibility index (Phi) is 2.79. The van der Waals surface area contributed by atoms with E-state index in [2.05, 4.69) is 38.8 Å². The van der Waals surface area contributed by atoms with Gasteiger partial charge in [-0.1, -0.05) is 20.8 Å². The highest BCUT2D eigenvalue weighted by Crippen LogP contribution is 2.33. The summed E-state index contributed by atoms with van der Waals surface area (Å²) in [6.45, 7) is 8.85. The molecule has 74 valence electrons. The average molecular weight is 181 g/mol. The van der Waals surface area contributed by atoms with Crippen LogP contribution in [-0.2, 0) is 4.74 Å². The van der Waals surface area contributed by atoms with Gasteiger partial charge < -0.3 is 4.74 Å².